The zero-order valence-electron chi connectivity index (χ0n) is 9.80. The van der Waals surface area contributed by atoms with Crippen LogP contribution in [0, 0.1) is 0 Å². The molecule has 0 saturated heterocycles. The fraction of sp³-hybridized carbons (Fsp3) is 0.300. The molecule has 104 valence electrons. The van der Waals surface area contributed by atoms with Crippen molar-refractivity contribution in [3.8, 4) is 0 Å². The Morgan fingerprint density at radius 1 is 1.47 bits per heavy atom. The molecule has 1 fully saturated rings. The molecule has 1 saturated carbocycles. The van der Waals surface area contributed by atoms with Gasteiger partial charge in [0.25, 0.3) is 10.2 Å². The van der Waals surface area contributed by atoms with E-state index < -0.39 is 10.2 Å². The Bertz CT molecular complexity index is 613. The Labute approximate surface area is 115 Å². The van der Waals surface area contributed by atoms with Gasteiger partial charge in [0, 0.05) is 16.6 Å². The Hall–Kier alpha value is -1.51. The molecule has 9 heteroatoms. The number of halogens is 1. The maximum Gasteiger partial charge on any atom is 0.299 e. The molecule has 0 aromatic heterocycles. The molecule has 0 atom stereocenters. The molecule has 0 spiro atoms. The lowest BCUT2D eigenvalue weighted by Crippen LogP contribution is -2.32. The van der Waals surface area contributed by atoms with E-state index in [2.05, 4.69) is 14.6 Å². The van der Waals surface area contributed by atoms with Gasteiger partial charge in [-0.15, -0.1) is 0 Å². The molecule has 0 aliphatic heterocycles. The van der Waals surface area contributed by atoms with Gasteiger partial charge in [0.05, 0.1) is 5.69 Å². The van der Waals surface area contributed by atoms with E-state index in [0.29, 0.717) is 5.02 Å². The van der Waals surface area contributed by atoms with Gasteiger partial charge in [-0.05, 0) is 31.0 Å². The summed E-state index contributed by atoms with van der Waals surface area (Å²) in [5.74, 6) is -0.208. The van der Waals surface area contributed by atoms with Crippen LogP contribution < -0.4 is 15.2 Å². The van der Waals surface area contributed by atoms with E-state index in [0.717, 1.165) is 12.8 Å². The van der Waals surface area contributed by atoms with Crippen molar-refractivity contribution in [2.45, 2.75) is 18.9 Å². The van der Waals surface area contributed by atoms with E-state index in [-0.39, 0.29) is 23.1 Å². The summed E-state index contributed by atoms with van der Waals surface area (Å²) in [6.07, 6.45) is 1.65. The van der Waals surface area contributed by atoms with E-state index >= 15 is 0 Å². The number of nitrogens with one attached hydrogen (secondary N) is 2. The average molecular weight is 305 g/mol. The molecule has 0 heterocycles. The molecule has 1 aliphatic carbocycles. The summed E-state index contributed by atoms with van der Waals surface area (Å²) in [7, 11) is -3.70. The maximum absolute atomic E-state index is 11.8. The van der Waals surface area contributed by atoms with E-state index in [1.54, 1.807) is 0 Å². The fourth-order valence-electron chi connectivity index (χ4n) is 1.47. The Balaban J connectivity index is 2.29. The first-order chi connectivity index (χ1) is 8.91. The normalized spacial score (nSPS) is 16.4. The Morgan fingerprint density at radius 3 is 2.74 bits per heavy atom. The van der Waals surface area contributed by atoms with Gasteiger partial charge in [-0.1, -0.05) is 16.8 Å². The molecule has 1 aliphatic rings. The maximum atomic E-state index is 11.8. The quantitative estimate of drug-likeness (QED) is 0.279. The first-order valence-corrected chi connectivity index (χ1v) is 7.35. The molecular formula is C10H13ClN4O3S. The number of oxime groups is 1. The van der Waals surface area contributed by atoms with Crippen LogP contribution in [-0.2, 0) is 10.2 Å². The molecule has 7 nitrogen and oxygen atoms in total. The van der Waals surface area contributed by atoms with Crippen LogP contribution in [0.25, 0.3) is 0 Å². The molecule has 0 amide bonds. The standard InChI is InChI=1S/C10H13ClN4O3S/c11-6-1-4-8(10(12)13-16)9(5-6)15-19(17,18)14-7-2-3-7/h1,4-5,7,14-16H,2-3H2,(H2,12,13). The highest BCUT2D eigenvalue weighted by Gasteiger charge is 2.27. The van der Waals surface area contributed by atoms with Crippen molar-refractivity contribution in [2.24, 2.45) is 10.9 Å². The van der Waals surface area contributed by atoms with E-state index in [4.69, 9.17) is 22.5 Å². The highest BCUT2D eigenvalue weighted by molar-refractivity contribution is 7.90. The molecule has 1 aromatic rings. The van der Waals surface area contributed by atoms with Gasteiger partial charge >= 0.3 is 0 Å². The molecule has 5 N–H and O–H groups in total. The second-order valence-corrected chi connectivity index (χ2v) is 6.06. The van der Waals surface area contributed by atoms with Crippen molar-refractivity contribution in [1.82, 2.24) is 4.72 Å². The highest BCUT2D eigenvalue weighted by Crippen LogP contribution is 2.24. The van der Waals surface area contributed by atoms with Crippen molar-refractivity contribution in [2.75, 3.05) is 4.72 Å². The van der Waals surface area contributed by atoms with Crippen LogP contribution in [0.2, 0.25) is 5.02 Å². The minimum Gasteiger partial charge on any atom is -0.409 e. The van der Waals surface area contributed by atoms with Crippen LogP contribution in [0.4, 0.5) is 5.69 Å². The summed E-state index contributed by atoms with van der Waals surface area (Å²) in [6, 6.07) is 4.35. The summed E-state index contributed by atoms with van der Waals surface area (Å²) in [6.45, 7) is 0. The molecule has 0 radical (unpaired) electrons. The van der Waals surface area contributed by atoms with Gasteiger partial charge < -0.3 is 10.9 Å². The predicted octanol–water partition coefficient (Wildman–Crippen LogP) is 0.843. The van der Waals surface area contributed by atoms with E-state index in [1.165, 1.54) is 18.2 Å². The van der Waals surface area contributed by atoms with Crippen LogP contribution in [0.3, 0.4) is 0 Å². The second kappa shape index (κ2) is 5.24. The monoisotopic (exact) mass is 304 g/mol. The second-order valence-electron chi connectivity index (χ2n) is 4.17. The number of amidine groups is 1. The third kappa shape index (κ3) is 3.72. The number of rotatable bonds is 5. The van der Waals surface area contributed by atoms with Gasteiger partial charge in [0.1, 0.15) is 0 Å². The van der Waals surface area contributed by atoms with Crippen LogP contribution >= 0.6 is 11.6 Å². The van der Waals surface area contributed by atoms with Crippen LogP contribution in [-0.4, -0.2) is 25.5 Å². The van der Waals surface area contributed by atoms with E-state index in [9.17, 15) is 8.42 Å². The summed E-state index contributed by atoms with van der Waals surface area (Å²) >= 11 is 5.81. The van der Waals surface area contributed by atoms with E-state index in [1.807, 2.05) is 0 Å². The van der Waals surface area contributed by atoms with Gasteiger partial charge in [-0.3, -0.25) is 4.72 Å². The summed E-state index contributed by atoms with van der Waals surface area (Å²) in [5, 5.41) is 11.9. The number of hydrogen-bond acceptors (Lipinski definition) is 4. The molecular weight excluding hydrogens is 292 g/mol. The van der Waals surface area contributed by atoms with Crippen LogP contribution in [0.5, 0.6) is 0 Å². The van der Waals surface area contributed by atoms with Crippen molar-refractivity contribution in [1.29, 1.82) is 0 Å². The van der Waals surface area contributed by atoms with Gasteiger partial charge in [-0.2, -0.15) is 13.1 Å². The molecule has 0 unspecified atom stereocenters. The fourth-order valence-corrected chi connectivity index (χ4v) is 2.84. The largest absolute Gasteiger partial charge is 0.409 e. The van der Waals surface area contributed by atoms with Crippen LogP contribution in [0.15, 0.2) is 23.4 Å². The van der Waals surface area contributed by atoms with Crippen molar-refractivity contribution < 1.29 is 13.6 Å². The van der Waals surface area contributed by atoms with Gasteiger partial charge in [0.15, 0.2) is 5.84 Å². The third-order valence-electron chi connectivity index (χ3n) is 2.51. The molecule has 19 heavy (non-hydrogen) atoms. The first-order valence-electron chi connectivity index (χ1n) is 5.49. The molecule has 1 aromatic carbocycles. The summed E-state index contributed by atoms with van der Waals surface area (Å²) < 4.78 is 28.4. The smallest absolute Gasteiger partial charge is 0.299 e. The molecule has 2 rings (SSSR count). The number of anilines is 1. The topological polar surface area (TPSA) is 117 Å². The predicted molar refractivity (Wildman–Crippen MR) is 72.7 cm³/mol. The zero-order chi connectivity index (χ0) is 14.0. The number of hydrogen-bond donors (Lipinski definition) is 4. The lowest BCUT2D eigenvalue weighted by atomic mass is 10.1. The van der Waals surface area contributed by atoms with Crippen molar-refractivity contribution in [3.05, 3.63) is 28.8 Å². The van der Waals surface area contributed by atoms with Crippen molar-refractivity contribution >= 4 is 33.3 Å². The summed E-state index contributed by atoms with van der Waals surface area (Å²) in [5.41, 5.74) is 5.87. The first kappa shape index (κ1) is 13.9. The average Bonchev–Trinajstić information content (AvgIpc) is 3.10. The SMILES string of the molecule is N/C(=N/O)c1ccc(Cl)cc1NS(=O)(=O)NC1CC1. The lowest BCUT2D eigenvalue weighted by Gasteiger charge is -2.12. The number of nitrogens with two attached hydrogens (primary N) is 1. The van der Waals surface area contributed by atoms with Crippen molar-refractivity contribution in [3.63, 3.8) is 0 Å². The molecule has 0 bridgehead atoms. The Kier molecular flexibility index (Phi) is 3.83. The minimum absolute atomic E-state index is 0.0241. The van der Waals surface area contributed by atoms with Gasteiger partial charge in [0.2, 0.25) is 0 Å². The Morgan fingerprint density at radius 2 is 2.16 bits per heavy atom. The number of nitrogens with zero attached hydrogens (tertiary/aromatic N) is 1. The third-order valence-corrected chi connectivity index (χ3v) is 3.88. The summed E-state index contributed by atoms with van der Waals surface area (Å²) in [4.78, 5) is 0. The highest BCUT2D eigenvalue weighted by atomic mass is 35.5. The zero-order valence-corrected chi connectivity index (χ0v) is 11.4. The minimum atomic E-state index is -3.70. The van der Waals surface area contributed by atoms with Crippen LogP contribution in [0.1, 0.15) is 18.4 Å². The van der Waals surface area contributed by atoms with Gasteiger partial charge in [-0.25, -0.2) is 0 Å². The number of benzene rings is 1. The lowest BCUT2D eigenvalue weighted by molar-refractivity contribution is 0.318.